The van der Waals surface area contributed by atoms with Crippen LogP contribution < -0.4 is 11.1 Å². The molecule has 3 N–H and O–H groups in total. The van der Waals surface area contributed by atoms with Crippen LogP contribution in [0.3, 0.4) is 0 Å². The van der Waals surface area contributed by atoms with Gasteiger partial charge in [-0.3, -0.25) is 4.79 Å². The Labute approximate surface area is 127 Å². The molecule has 0 aliphatic rings. The maximum atomic E-state index is 12.3. The summed E-state index contributed by atoms with van der Waals surface area (Å²) in [4.78, 5) is 12.3. The second-order valence-corrected chi connectivity index (χ2v) is 5.70. The number of nitrogen functional groups attached to an aromatic ring is 1. The number of anilines is 1. The predicted octanol–water partition coefficient (Wildman–Crippen LogP) is 3.83. The number of nitrogens with two attached hydrogens (primary N) is 1. The minimum Gasteiger partial charge on any atom is -0.399 e. The number of halogens is 1. The Morgan fingerprint density at radius 1 is 1.25 bits per heavy atom. The van der Waals surface area contributed by atoms with Gasteiger partial charge in [-0.05, 0) is 49.2 Å². The first-order valence-electron chi connectivity index (χ1n) is 6.40. The lowest BCUT2D eigenvalue weighted by atomic mass is 10.1. The zero-order chi connectivity index (χ0) is 14.7. The third kappa shape index (κ3) is 3.39. The lowest BCUT2D eigenvalue weighted by molar-refractivity contribution is 0.0939. The van der Waals surface area contributed by atoms with E-state index in [2.05, 4.69) is 21.2 Å². The van der Waals surface area contributed by atoms with Crippen LogP contribution in [0.25, 0.3) is 0 Å². The van der Waals surface area contributed by atoms with Gasteiger partial charge in [-0.2, -0.15) is 0 Å². The predicted molar refractivity (Wildman–Crippen MR) is 85.6 cm³/mol. The van der Waals surface area contributed by atoms with E-state index in [0.29, 0.717) is 11.3 Å². The second-order valence-electron chi connectivity index (χ2n) is 4.85. The van der Waals surface area contributed by atoms with E-state index < -0.39 is 0 Å². The highest BCUT2D eigenvalue weighted by molar-refractivity contribution is 9.10. The largest absolute Gasteiger partial charge is 0.399 e. The SMILES string of the molecule is Cc1cc(N)cc(C(=O)NC(C)c2ccccc2Br)c1. The summed E-state index contributed by atoms with van der Waals surface area (Å²) in [6.45, 7) is 3.88. The monoisotopic (exact) mass is 332 g/mol. The molecule has 2 aromatic carbocycles. The second kappa shape index (κ2) is 6.09. The van der Waals surface area contributed by atoms with Crippen molar-refractivity contribution in [2.75, 3.05) is 5.73 Å². The minimum absolute atomic E-state index is 0.0835. The smallest absolute Gasteiger partial charge is 0.251 e. The summed E-state index contributed by atoms with van der Waals surface area (Å²) in [5.41, 5.74) is 8.98. The first-order chi connectivity index (χ1) is 9.47. The van der Waals surface area contributed by atoms with Crippen molar-refractivity contribution in [1.82, 2.24) is 5.32 Å². The fourth-order valence-corrected chi connectivity index (χ4v) is 2.76. The Balaban J connectivity index is 2.17. The molecule has 2 rings (SSSR count). The van der Waals surface area contributed by atoms with E-state index in [1.165, 1.54) is 0 Å². The molecular formula is C16H17BrN2O. The zero-order valence-corrected chi connectivity index (χ0v) is 13.1. The van der Waals surface area contributed by atoms with Crippen molar-refractivity contribution < 1.29 is 4.79 Å². The molecule has 0 aliphatic heterocycles. The fraction of sp³-hybridized carbons (Fsp3) is 0.188. The third-order valence-corrected chi connectivity index (χ3v) is 3.80. The van der Waals surface area contributed by atoms with Gasteiger partial charge < -0.3 is 11.1 Å². The molecule has 20 heavy (non-hydrogen) atoms. The molecule has 0 radical (unpaired) electrons. The number of carbonyl (C=O) groups excluding carboxylic acids is 1. The molecule has 1 amide bonds. The lowest BCUT2D eigenvalue weighted by Crippen LogP contribution is -2.27. The molecule has 1 unspecified atom stereocenters. The van der Waals surface area contributed by atoms with E-state index in [1.54, 1.807) is 6.07 Å². The van der Waals surface area contributed by atoms with Gasteiger partial charge in [0.25, 0.3) is 5.91 Å². The molecular weight excluding hydrogens is 316 g/mol. The number of carbonyl (C=O) groups is 1. The molecule has 4 heteroatoms. The van der Waals surface area contributed by atoms with Crippen molar-refractivity contribution >= 4 is 27.5 Å². The van der Waals surface area contributed by atoms with Crippen LogP contribution in [0.1, 0.15) is 34.5 Å². The van der Waals surface area contributed by atoms with Gasteiger partial charge in [-0.25, -0.2) is 0 Å². The molecule has 0 bridgehead atoms. The highest BCUT2D eigenvalue weighted by Gasteiger charge is 2.13. The van der Waals surface area contributed by atoms with Crippen molar-refractivity contribution in [3.05, 3.63) is 63.6 Å². The number of benzene rings is 2. The Hall–Kier alpha value is -1.81. The highest BCUT2D eigenvalue weighted by Crippen LogP contribution is 2.23. The number of rotatable bonds is 3. The summed E-state index contributed by atoms with van der Waals surface area (Å²) in [6, 6.07) is 13.1. The van der Waals surface area contributed by atoms with Gasteiger partial charge in [0.1, 0.15) is 0 Å². The van der Waals surface area contributed by atoms with E-state index in [-0.39, 0.29) is 11.9 Å². The van der Waals surface area contributed by atoms with Gasteiger partial charge in [0.15, 0.2) is 0 Å². The number of nitrogens with one attached hydrogen (secondary N) is 1. The van der Waals surface area contributed by atoms with E-state index in [0.717, 1.165) is 15.6 Å². The van der Waals surface area contributed by atoms with Crippen molar-refractivity contribution in [1.29, 1.82) is 0 Å². The Bertz CT molecular complexity index is 620. The van der Waals surface area contributed by atoms with Crippen LogP contribution in [0.2, 0.25) is 0 Å². The first kappa shape index (κ1) is 14.6. The molecule has 0 heterocycles. The van der Waals surface area contributed by atoms with Crippen LogP contribution in [-0.2, 0) is 0 Å². The van der Waals surface area contributed by atoms with Gasteiger partial charge >= 0.3 is 0 Å². The van der Waals surface area contributed by atoms with Gasteiger partial charge in [0, 0.05) is 15.7 Å². The van der Waals surface area contributed by atoms with Crippen LogP contribution in [0.5, 0.6) is 0 Å². The zero-order valence-electron chi connectivity index (χ0n) is 11.5. The van der Waals surface area contributed by atoms with Crippen LogP contribution in [0, 0.1) is 6.92 Å². The van der Waals surface area contributed by atoms with E-state index >= 15 is 0 Å². The third-order valence-electron chi connectivity index (χ3n) is 3.08. The molecule has 104 valence electrons. The first-order valence-corrected chi connectivity index (χ1v) is 7.19. The maximum Gasteiger partial charge on any atom is 0.251 e. The quantitative estimate of drug-likeness (QED) is 0.839. The molecule has 0 aliphatic carbocycles. The topological polar surface area (TPSA) is 55.1 Å². The standard InChI is InChI=1S/C16H17BrN2O/c1-10-7-12(9-13(18)8-10)16(20)19-11(2)14-5-3-4-6-15(14)17/h3-9,11H,18H2,1-2H3,(H,19,20). The summed E-state index contributed by atoms with van der Waals surface area (Å²) < 4.78 is 0.983. The lowest BCUT2D eigenvalue weighted by Gasteiger charge is -2.16. The molecule has 0 aromatic heterocycles. The van der Waals surface area contributed by atoms with E-state index in [1.807, 2.05) is 50.2 Å². The summed E-state index contributed by atoms with van der Waals surface area (Å²) in [5, 5.41) is 2.98. The molecule has 2 aromatic rings. The molecule has 3 nitrogen and oxygen atoms in total. The number of hydrogen-bond acceptors (Lipinski definition) is 2. The average Bonchev–Trinajstić information content (AvgIpc) is 2.37. The Morgan fingerprint density at radius 3 is 2.60 bits per heavy atom. The number of amides is 1. The Kier molecular flexibility index (Phi) is 4.45. The van der Waals surface area contributed by atoms with Crippen LogP contribution >= 0.6 is 15.9 Å². The maximum absolute atomic E-state index is 12.3. The van der Waals surface area contributed by atoms with Crippen molar-refractivity contribution in [2.45, 2.75) is 19.9 Å². The normalized spacial score (nSPS) is 11.9. The molecule has 0 saturated heterocycles. The minimum atomic E-state index is -0.122. The van der Waals surface area contributed by atoms with Gasteiger partial charge in [0.05, 0.1) is 6.04 Å². The van der Waals surface area contributed by atoms with Crippen molar-refractivity contribution in [3.8, 4) is 0 Å². The molecule has 0 spiro atoms. The summed E-state index contributed by atoms with van der Waals surface area (Å²) in [6.07, 6.45) is 0. The summed E-state index contributed by atoms with van der Waals surface area (Å²) in [5.74, 6) is -0.122. The van der Waals surface area contributed by atoms with Gasteiger partial charge in [-0.15, -0.1) is 0 Å². The van der Waals surface area contributed by atoms with E-state index in [4.69, 9.17) is 5.73 Å². The molecule has 1 atom stereocenters. The number of aryl methyl sites for hydroxylation is 1. The number of hydrogen-bond donors (Lipinski definition) is 2. The Morgan fingerprint density at radius 2 is 1.95 bits per heavy atom. The van der Waals surface area contributed by atoms with Crippen LogP contribution in [-0.4, -0.2) is 5.91 Å². The molecule has 0 saturated carbocycles. The van der Waals surface area contributed by atoms with Crippen molar-refractivity contribution in [3.63, 3.8) is 0 Å². The van der Waals surface area contributed by atoms with Crippen LogP contribution in [0.15, 0.2) is 46.9 Å². The highest BCUT2D eigenvalue weighted by atomic mass is 79.9. The average molecular weight is 333 g/mol. The van der Waals surface area contributed by atoms with Gasteiger partial charge in [-0.1, -0.05) is 34.1 Å². The van der Waals surface area contributed by atoms with E-state index in [9.17, 15) is 4.79 Å². The fourth-order valence-electron chi connectivity index (χ4n) is 2.13. The van der Waals surface area contributed by atoms with Crippen LogP contribution in [0.4, 0.5) is 5.69 Å². The summed E-state index contributed by atoms with van der Waals surface area (Å²) >= 11 is 3.49. The van der Waals surface area contributed by atoms with Gasteiger partial charge in [0.2, 0.25) is 0 Å². The van der Waals surface area contributed by atoms with Crippen molar-refractivity contribution in [2.24, 2.45) is 0 Å². The summed E-state index contributed by atoms with van der Waals surface area (Å²) in [7, 11) is 0. The molecule has 0 fully saturated rings.